The molecule has 2 aliphatic heterocycles. The minimum atomic E-state index is -3.32. The highest BCUT2D eigenvalue weighted by Crippen LogP contribution is 2.36. The molecule has 36 heavy (non-hydrogen) atoms. The van der Waals surface area contributed by atoms with E-state index < -0.39 is 15.9 Å². The molecule has 2 atom stereocenters. The number of ether oxygens (including phenoxy) is 3. The lowest BCUT2D eigenvalue weighted by Gasteiger charge is -2.38. The van der Waals surface area contributed by atoms with Gasteiger partial charge in [-0.3, -0.25) is 0 Å². The second kappa shape index (κ2) is 11.6. The number of amides is 1. The Kier molecular flexibility index (Phi) is 8.50. The van der Waals surface area contributed by atoms with Crippen molar-refractivity contribution in [2.45, 2.75) is 48.5 Å². The molecule has 2 saturated heterocycles. The summed E-state index contributed by atoms with van der Waals surface area (Å²) in [5, 5.41) is 13.7. The molecule has 0 radical (unpaired) electrons. The Balaban J connectivity index is 1.15. The van der Waals surface area contributed by atoms with Crippen LogP contribution in [0.15, 0.2) is 59.5 Å². The van der Waals surface area contributed by atoms with E-state index in [1.165, 1.54) is 12.1 Å². The molecule has 0 aliphatic carbocycles. The lowest BCUT2D eigenvalue weighted by Crippen LogP contribution is -2.47. The molecule has 10 heteroatoms. The molecule has 2 aromatic carbocycles. The quantitative estimate of drug-likeness (QED) is 0.520. The van der Waals surface area contributed by atoms with Gasteiger partial charge in [0.15, 0.2) is 9.84 Å². The number of benzene rings is 2. The normalized spacial score (nSPS) is 20.3. The van der Waals surface area contributed by atoms with Crippen molar-refractivity contribution in [3.63, 3.8) is 0 Å². The van der Waals surface area contributed by atoms with Crippen molar-refractivity contribution in [3.8, 4) is 5.75 Å². The first kappa shape index (κ1) is 26.4. The van der Waals surface area contributed by atoms with Crippen LogP contribution in [0.4, 0.5) is 4.79 Å². The van der Waals surface area contributed by atoms with Crippen LogP contribution in [-0.4, -0.2) is 81.4 Å². The van der Waals surface area contributed by atoms with Crippen molar-refractivity contribution in [1.29, 1.82) is 0 Å². The zero-order chi connectivity index (χ0) is 25.6. The second-order valence-corrected chi connectivity index (χ2v) is 11.6. The van der Waals surface area contributed by atoms with E-state index in [0.29, 0.717) is 32.0 Å². The molecular weight excluding hydrogens is 484 g/mol. The standard InChI is InChI=1S/C26H34N2O7S/c1-36(31,32)24-9-5-8-23(14-24)33-19-22(29)16-27-21-15-26(35-18-21)10-12-28(13-11-26)25(30)34-17-20-6-3-2-4-7-20/h2-9,14,21-22,27,29H,10-13,15-19H2,1H3/t21-,22+/m1/s1. The maximum atomic E-state index is 12.4. The third-order valence-corrected chi connectivity index (χ3v) is 7.78. The van der Waals surface area contributed by atoms with Crippen molar-refractivity contribution < 1.29 is 32.5 Å². The van der Waals surface area contributed by atoms with E-state index in [2.05, 4.69) is 5.32 Å². The maximum absolute atomic E-state index is 12.4. The summed E-state index contributed by atoms with van der Waals surface area (Å²) in [4.78, 5) is 14.3. The predicted molar refractivity (Wildman–Crippen MR) is 134 cm³/mol. The zero-order valence-corrected chi connectivity index (χ0v) is 21.3. The Labute approximate surface area is 212 Å². The van der Waals surface area contributed by atoms with Gasteiger partial charge in [0.05, 0.1) is 17.1 Å². The summed E-state index contributed by atoms with van der Waals surface area (Å²) in [6, 6.07) is 16.0. The number of aliphatic hydroxyl groups excluding tert-OH is 1. The van der Waals surface area contributed by atoms with Crippen molar-refractivity contribution in [1.82, 2.24) is 10.2 Å². The van der Waals surface area contributed by atoms with Crippen molar-refractivity contribution >= 4 is 15.9 Å². The van der Waals surface area contributed by atoms with E-state index in [4.69, 9.17) is 14.2 Å². The first-order valence-corrected chi connectivity index (χ1v) is 14.1. The monoisotopic (exact) mass is 518 g/mol. The van der Waals surface area contributed by atoms with Gasteiger partial charge < -0.3 is 29.5 Å². The van der Waals surface area contributed by atoms with Gasteiger partial charge in [0, 0.05) is 31.9 Å². The number of rotatable bonds is 9. The van der Waals surface area contributed by atoms with E-state index in [0.717, 1.165) is 31.1 Å². The third-order valence-electron chi connectivity index (χ3n) is 6.67. The third kappa shape index (κ3) is 7.19. The van der Waals surface area contributed by atoms with Gasteiger partial charge in [-0.2, -0.15) is 0 Å². The highest BCUT2D eigenvalue weighted by Gasteiger charge is 2.43. The van der Waals surface area contributed by atoms with E-state index in [1.807, 2.05) is 30.3 Å². The molecule has 2 N–H and O–H groups in total. The topological polar surface area (TPSA) is 114 Å². The molecule has 0 saturated carbocycles. The number of likely N-dealkylation sites (tertiary alicyclic amines) is 1. The molecule has 2 heterocycles. The van der Waals surface area contributed by atoms with Gasteiger partial charge in [0.25, 0.3) is 0 Å². The van der Waals surface area contributed by atoms with Crippen molar-refractivity contribution in [2.24, 2.45) is 0 Å². The maximum Gasteiger partial charge on any atom is 0.410 e. The lowest BCUT2D eigenvalue weighted by molar-refractivity contribution is -0.0422. The minimum Gasteiger partial charge on any atom is -0.491 e. The Morgan fingerprint density at radius 2 is 1.94 bits per heavy atom. The van der Waals surface area contributed by atoms with Gasteiger partial charge in [0.2, 0.25) is 0 Å². The SMILES string of the molecule is CS(=O)(=O)c1cccc(OC[C@@H](O)CN[C@H]2COC3(CCN(C(=O)OCc4ccccc4)CC3)C2)c1. The van der Waals surface area contributed by atoms with E-state index in [9.17, 15) is 18.3 Å². The molecular formula is C26H34N2O7S. The molecule has 0 unspecified atom stereocenters. The van der Waals surface area contributed by atoms with Crippen molar-refractivity contribution in [2.75, 3.05) is 39.1 Å². The number of nitrogens with zero attached hydrogens (tertiary/aromatic N) is 1. The van der Waals surface area contributed by atoms with Gasteiger partial charge in [0.1, 0.15) is 25.1 Å². The number of carbonyl (C=O) groups excluding carboxylic acids is 1. The average Bonchev–Trinajstić information content (AvgIpc) is 3.27. The predicted octanol–water partition coefficient (Wildman–Crippen LogP) is 2.38. The molecule has 9 nitrogen and oxygen atoms in total. The molecule has 2 aromatic rings. The highest BCUT2D eigenvalue weighted by molar-refractivity contribution is 7.90. The van der Waals surface area contributed by atoms with Gasteiger partial charge in [-0.25, -0.2) is 13.2 Å². The number of nitrogens with one attached hydrogen (secondary N) is 1. The zero-order valence-electron chi connectivity index (χ0n) is 20.5. The number of hydrogen-bond donors (Lipinski definition) is 2. The van der Waals surface area contributed by atoms with Crippen LogP contribution in [0.1, 0.15) is 24.8 Å². The molecule has 196 valence electrons. The Morgan fingerprint density at radius 1 is 1.19 bits per heavy atom. The fourth-order valence-electron chi connectivity index (χ4n) is 4.58. The summed E-state index contributed by atoms with van der Waals surface area (Å²) in [7, 11) is -3.32. The Morgan fingerprint density at radius 3 is 2.67 bits per heavy atom. The van der Waals surface area contributed by atoms with Crippen LogP contribution >= 0.6 is 0 Å². The summed E-state index contributed by atoms with van der Waals surface area (Å²) in [6.45, 7) is 2.35. The summed E-state index contributed by atoms with van der Waals surface area (Å²) >= 11 is 0. The highest BCUT2D eigenvalue weighted by atomic mass is 32.2. The minimum absolute atomic E-state index is 0.0407. The Hall–Kier alpha value is -2.66. The van der Waals surface area contributed by atoms with Crippen LogP contribution < -0.4 is 10.1 Å². The van der Waals surface area contributed by atoms with Crippen LogP contribution in [0, 0.1) is 0 Å². The van der Waals surface area contributed by atoms with Crippen LogP contribution in [0.3, 0.4) is 0 Å². The summed E-state index contributed by atoms with van der Waals surface area (Å²) < 4.78 is 40.5. The molecule has 0 bridgehead atoms. The van der Waals surface area contributed by atoms with Gasteiger partial charge in [-0.05, 0) is 43.0 Å². The lowest BCUT2D eigenvalue weighted by atomic mass is 9.87. The molecule has 1 amide bonds. The first-order valence-electron chi connectivity index (χ1n) is 12.2. The van der Waals surface area contributed by atoms with E-state index in [-0.39, 0.29) is 35.8 Å². The average molecular weight is 519 g/mol. The first-order chi connectivity index (χ1) is 17.2. The number of sulfone groups is 1. The van der Waals surface area contributed by atoms with Crippen LogP contribution in [-0.2, 0) is 25.9 Å². The van der Waals surface area contributed by atoms with E-state index >= 15 is 0 Å². The van der Waals surface area contributed by atoms with Crippen LogP contribution in [0.25, 0.3) is 0 Å². The van der Waals surface area contributed by atoms with Crippen LogP contribution in [0.2, 0.25) is 0 Å². The second-order valence-electron chi connectivity index (χ2n) is 9.54. The molecule has 2 aliphatic rings. The molecule has 1 spiro atoms. The van der Waals surface area contributed by atoms with Gasteiger partial charge >= 0.3 is 6.09 Å². The van der Waals surface area contributed by atoms with Crippen molar-refractivity contribution in [3.05, 3.63) is 60.2 Å². The van der Waals surface area contributed by atoms with Gasteiger partial charge in [-0.15, -0.1) is 0 Å². The molecule has 4 rings (SSSR count). The molecule has 2 fully saturated rings. The number of carbonyl (C=O) groups is 1. The largest absolute Gasteiger partial charge is 0.491 e. The summed E-state index contributed by atoms with van der Waals surface area (Å²) in [5.74, 6) is 0.397. The Bertz CT molecular complexity index is 1120. The number of aliphatic hydroxyl groups is 1. The van der Waals surface area contributed by atoms with E-state index in [1.54, 1.807) is 17.0 Å². The summed E-state index contributed by atoms with van der Waals surface area (Å²) in [5.41, 5.74) is 0.698. The molecule has 0 aromatic heterocycles. The number of hydrogen-bond acceptors (Lipinski definition) is 8. The fraction of sp³-hybridized carbons (Fsp3) is 0.500. The van der Waals surface area contributed by atoms with Crippen LogP contribution in [0.5, 0.6) is 5.75 Å². The number of piperidine rings is 1. The van der Waals surface area contributed by atoms with Gasteiger partial charge in [-0.1, -0.05) is 36.4 Å². The smallest absolute Gasteiger partial charge is 0.410 e. The summed E-state index contributed by atoms with van der Waals surface area (Å²) in [6.07, 6.45) is 2.38. The fourth-order valence-corrected chi connectivity index (χ4v) is 5.24.